The SMILES string of the molecule is CCCN1CCN(C(=O)c2ccc(C3CC3C(=O)NC(N)=S)cc2N2CCCCCC2)CC1. The van der Waals surface area contributed by atoms with E-state index in [4.69, 9.17) is 18.0 Å². The Bertz CT molecular complexity index is 876. The first-order chi connectivity index (χ1) is 16.0. The molecule has 4 rings (SSSR count). The van der Waals surface area contributed by atoms with Gasteiger partial charge >= 0.3 is 0 Å². The number of anilines is 1. The van der Waals surface area contributed by atoms with Crippen molar-refractivity contribution in [2.45, 2.75) is 51.4 Å². The van der Waals surface area contributed by atoms with Gasteiger partial charge in [-0.15, -0.1) is 0 Å². The highest BCUT2D eigenvalue weighted by atomic mass is 32.1. The number of carbonyl (C=O) groups is 2. The molecule has 0 bridgehead atoms. The van der Waals surface area contributed by atoms with Crippen LogP contribution < -0.4 is 16.0 Å². The molecule has 33 heavy (non-hydrogen) atoms. The van der Waals surface area contributed by atoms with E-state index in [1.807, 2.05) is 17.0 Å². The summed E-state index contributed by atoms with van der Waals surface area (Å²) in [5.74, 6) is 0.0907. The highest BCUT2D eigenvalue weighted by Crippen LogP contribution is 2.48. The monoisotopic (exact) mass is 471 g/mol. The summed E-state index contributed by atoms with van der Waals surface area (Å²) in [6, 6.07) is 6.21. The normalized spacial score (nSPS) is 23.7. The number of thiocarbonyl (C=S) groups is 1. The molecule has 0 spiro atoms. The predicted octanol–water partition coefficient (Wildman–Crippen LogP) is 2.70. The zero-order chi connectivity index (χ0) is 23.4. The van der Waals surface area contributed by atoms with E-state index in [0.29, 0.717) is 0 Å². The molecule has 2 unspecified atom stereocenters. The number of hydrogen-bond acceptors (Lipinski definition) is 5. The van der Waals surface area contributed by atoms with Gasteiger partial charge in [-0.1, -0.05) is 25.8 Å². The fraction of sp³-hybridized carbons (Fsp3) is 0.640. The Balaban J connectivity index is 1.54. The molecular weight excluding hydrogens is 434 g/mol. The fourth-order valence-corrected chi connectivity index (χ4v) is 5.36. The first-order valence-corrected chi connectivity index (χ1v) is 12.9. The van der Waals surface area contributed by atoms with Gasteiger partial charge in [-0.3, -0.25) is 14.5 Å². The van der Waals surface area contributed by atoms with Crippen LogP contribution in [0.5, 0.6) is 0 Å². The molecule has 3 aliphatic rings. The Labute approximate surface area is 202 Å². The largest absolute Gasteiger partial charge is 0.376 e. The van der Waals surface area contributed by atoms with Crippen molar-refractivity contribution in [3.05, 3.63) is 29.3 Å². The van der Waals surface area contributed by atoms with Crippen LogP contribution in [0.25, 0.3) is 0 Å². The number of benzene rings is 1. The van der Waals surface area contributed by atoms with Crippen LogP contribution in [0.2, 0.25) is 0 Å². The molecule has 2 saturated heterocycles. The van der Waals surface area contributed by atoms with Crippen LogP contribution in [0, 0.1) is 5.92 Å². The van der Waals surface area contributed by atoms with Gasteiger partial charge < -0.3 is 20.9 Å². The van der Waals surface area contributed by atoms with Gasteiger partial charge in [0, 0.05) is 50.9 Å². The minimum Gasteiger partial charge on any atom is -0.376 e. The number of nitrogens with zero attached hydrogens (tertiary/aromatic N) is 3. The molecule has 1 aromatic rings. The van der Waals surface area contributed by atoms with Crippen LogP contribution >= 0.6 is 12.2 Å². The summed E-state index contributed by atoms with van der Waals surface area (Å²) in [6.45, 7) is 8.70. The summed E-state index contributed by atoms with van der Waals surface area (Å²) in [5.41, 5.74) is 8.44. The molecule has 0 radical (unpaired) electrons. The molecule has 1 aliphatic carbocycles. The summed E-state index contributed by atoms with van der Waals surface area (Å²) in [6.07, 6.45) is 6.71. The van der Waals surface area contributed by atoms with E-state index in [-0.39, 0.29) is 28.8 Å². The maximum Gasteiger partial charge on any atom is 0.256 e. The van der Waals surface area contributed by atoms with Gasteiger partial charge in [0.15, 0.2) is 5.11 Å². The molecule has 2 atom stereocenters. The van der Waals surface area contributed by atoms with E-state index in [2.05, 4.69) is 28.1 Å². The highest BCUT2D eigenvalue weighted by Gasteiger charge is 2.44. The summed E-state index contributed by atoms with van der Waals surface area (Å²) in [5, 5.41) is 2.59. The molecular formula is C25H37N5O2S. The van der Waals surface area contributed by atoms with Gasteiger partial charge in [-0.2, -0.15) is 0 Å². The lowest BCUT2D eigenvalue weighted by molar-refractivity contribution is -0.120. The Hall–Kier alpha value is -2.19. The summed E-state index contributed by atoms with van der Waals surface area (Å²) in [4.78, 5) is 32.8. The minimum atomic E-state index is -0.103. The van der Waals surface area contributed by atoms with E-state index < -0.39 is 0 Å². The van der Waals surface area contributed by atoms with Crippen molar-refractivity contribution < 1.29 is 9.59 Å². The van der Waals surface area contributed by atoms with Crippen LogP contribution in [0.1, 0.15) is 67.3 Å². The van der Waals surface area contributed by atoms with Crippen molar-refractivity contribution in [1.82, 2.24) is 15.1 Å². The Morgan fingerprint density at radius 1 is 1.06 bits per heavy atom. The third-order valence-electron chi connectivity index (χ3n) is 7.20. The number of amides is 2. The molecule has 2 heterocycles. The molecule has 3 fully saturated rings. The Morgan fingerprint density at radius 3 is 2.39 bits per heavy atom. The maximum absolute atomic E-state index is 13.6. The molecule has 180 valence electrons. The summed E-state index contributed by atoms with van der Waals surface area (Å²) >= 11 is 4.82. The first-order valence-electron chi connectivity index (χ1n) is 12.5. The molecule has 2 aliphatic heterocycles. The summed E-state index contributed by atoms with van der Waals surface area (Å²) < 4.78 is 0. The minimum absolute atomic E-state index is 0.0240. The van der Waals surface area contributed by atoms with Crippen LogP contribution in [-0.4, -0.2) is 72.5 Å². The van der Waals surface area contributed by atoms with Gasteiger partial charge in [0.25, 0.3) is 5.91 Å². The topological polar surface area (TPSA) is 81.9 Å². The Morgan fingerprint density at radius 2 is 1.76 bits per heavy atom. The molecule has 7 nitrogen and oxygen atoms in total. The number of nitrogens with one attached hydrogen (secondary N) is 1. The van der Waals surface area contributed by atoms with Crippen LogP contribution in [0.15, 0.2) is 18.2 Å². The fourth-order valence-electron chi connectivity index (χ4n) is 5.26. The average Bonchev–Trinajstić information content (AvgIpc) is 3.63. The molecule has 2 amide bonds. The van der Waals surface area contributed by atoms with Crippen molar-refractivity contribution in [3.63, 3.8) is 0 Å². The van der Waals surface area contributed by atoms with E-state index in [1.165, 1.54) is 12.8 Å². The van der Waals surface area contributed by atoms with Gasteiger partial charge in [-0.05, 0) is 68.1 Å². The van der Waals surface area contributed by atoms with Crippen molar-refractivity contribution in [1.29, 1.82) is 0 Å². The van der Waals surface area contributed by atoms with Crippen LogP contribution in [0.4, 0.5) is 5.69 Å². The van der Waals surface area contributed by atoms with Gasteiger partial charge in [0.05, 0.1) is 5.56 Å². The number of carbonyl (C=O) groups excluding carboxylic acids is 2. The van der Waals surface area contributed by atoms with E-state index in [1.54, 1.807) is 0 Å². The zero-order valence-electron chi connectivity index (χ0n) is 19.7. The lowest BCUT2D eigenvalue weighted by Gasteiger charge is -2.35. The van der Waals surface area contributed by atoms with Gasteiger partial charge in [-0.25, -0.2) is 0 Å². The number of hydrogen-bond donors (Lipinski definition) is 2. The summed E-state index contributed by atoms with van der Waals surface area (Å²) in [7, 11) is 0. The van der Waals surface area contributed by atoms with E-state index in [9.17, 15) is 9.59 Å². The Kier molecular flexibility index (Phi) is 7.86. The number of rotatable bonds is 6. The molecule has 0 aromatic heterocycles. The molecule has 8 heteroatoms. The molecule has 1 saturated carbocycles. The van der Waals surface area contributed by atoms with Gasteiger partial charge in [0.1, 0.15) is 0 Å². The smallest absolute Gasteiger partial charge is 0.256 e. The quantitative estimate of drug-likeness (QED) is 0.621. The molecule has 3 N–H and O–H groups in total. The lowest BCUT2D eigenvalue weighted by atomic mass is 10.0. The highest BCUT2D eigenvalue weighted by molar-refractivity contribution is 7.80. The van der Waals surface area contributed by atoms with E-state index >= 15 is 0 Å². The van der Waals surface area contributed by atoms with Crippen molar-refractivity contribution in [2.75, 3.05) is 50.7 Å². The number of piperazine rings is 1. The third-order valence-corrected chi connectivity index (χ3v) is 7.30. The van der Waals surface area contributed by atoms with Crippen molar-refractivity contribution >= 4 is 34.8 Å². The van der Waals surface area contributed by atoms with E-state index in [0.717, 1.165) is 88.3 Å². The molecule has 1 aromatic carbocycles. The third kappa shape index (κ3) is 5.84. The van der Waals surface area contributed by atoms with Gasteiger partial charge in [0.2, 0.25) is 5.91 Å². The number of nitrogens with two attached hydrogens (primary N) is 1. The second kappa shape index (κ2) is 10.8. The second-order valence-corrected chi connectivity index (χ2v) is 10.1. The lowest BCUT2D eigenvalue weighted by Crippen LogP contribution is -2.49. The van der Waals surface area contributed by atoms with Crippen LogP contribution in [0.3, 0.4) is 0 Å². The van der Waals surface area contributed by atoms with Crippen molar-refractivity contribution in [3.8, 4) is 0 Å². The standard InChI is InChI=1S/C25H37N5O2S/c1-2-9-28-12-14-30(15-13-28)24(32)19-8-7-18(20-17-21(20)23(31)27-25(26)33)16-22(19)29-10-5-3-4-6-11-29/h7-8,16,20-21H,2-6,9-15,17H2,1H3,(H3,26,27,31,33). The maximum atomic E-state index is 13.6. The second-order valence-electron chi connectivity index (χ2n) is 9.61. The van der Waals surface area contributed by atoms with Crippen molar-refractivity contribution in [2.24, 2.45) is 11.7 Å². The predicted molar refractivity (Wildman–Crippen MR) is 136 cm³/mol. The zero-order valence-corrected chi connectivity index (χ0v) is 20.5. The first kappa shape index (κ1) is 24.0. The average molecular weight is 472 g/mol. The van der Waals surface area contributed by atoms with Crippen LogP contribution in [-0.2, 0) is 4.79 Å².